The maximum absolute atomic E-state index is 13.5. The second-order valence-corrected chi connectivity index (χ2v) is 7.76. The molecule has 0 saturated carbocycles. The van der Waals surface area contributed by atoms with Gasteiger partial charge in [0.25, 0.3) is 11.8 Å². The molecule has 168 valence electrons. The molecule has 1 heterocycles. The van der Waals surface area contributed by atoms with E-state index in [1.807, 2.05) is 6.92 Å². The number of hydrogen-bond donors (Lipinski definition) is 1. The fourth-order valence-corrected chi connectivity index (χ4v) is 3.77. The third-order valence-corrected chi connectivity index (χ3v) is 5.54. The lowest BCUT2D eigenvalue weighted by Crippen LogP contribution is -2.32. The first kappa shape index (κ1) is 22.4. The van der Waals surface area contributed by atoms with Gasteiger partial charge in [-0.25, -0.2) is 9.29 Å². The number of amides is 2. The number of nitrogens with one attached hydrogen (secondary N) is 1. The molecule has 1 aliphatic heterocycles. The van der Waals surface area contributed by atoms with Crippen LogP contribution in [0, 0.1) is 12.7 Å². The van der Waals surface area contributed by atoms with Gasteiger partial charge in [-0.1, -0.05) is 23.7 Å². The maximum Gasteiger partial charge on any atom is 0.282 e. The summed E-state index contributed by atoms with van der Waals surface area (Å²) in [6.07, 6.45) is 0. The van der Waals surface area contributed by atoms with E-state index < -0.39 is 17.6 Å². The first-order chi connectivity index (χ1) is 15.8. The Labute approximate surface area is 195 Å². The average Bonchev–Trinajstić information content (AvgIpc) is 3.05. The molecule has 0 saturated heterocycles. The Kier molecular flexibility index (Phi) is 6.07. The first-order valence-corrected chi connectivity index (χ1v) is 10.4. The topological polar surface area (TPSA) is 67.9 Å². The number of hydrogen-bond acceptors (Lipinski definition) is 5. The summed E-state index contributed by atoms with van der Waals surface area (Å²) in [5.41, 5.74) is 2.34. The highest BCUT2D eigenvalue weighted by atomic mass is 35.5. The second kappa shape index (κ2) is 8.96. The normalized spacial score (nSPS) is 13.5. The number of nitrogens with zero attached hydrogens (tertiary/aromatic N) is 1. The molecular weight excluding hydrogens is 447 g/mol. The molecule has 1 N–H and O–H groups in total. The van der Waals surface area contributed by atoms with E-state index in [4.69, 9.17) is 21.1 Å². The van der Waals surface area contributed by atoms with Crippen LogP contribution in [0.4, 0.5) is 15.8 Å². The van der Waals surface area contributed by atoms with Gasteiger partial charge in [-0.2, -0.15) is 0 Å². The zero-order valence-electron chi connectivity index (χ0n) is 18.1. The molecule has 3 aromatic carbocycles. The molecule has 0 aromatic heterocycles. The molecule has 0 unspecified atom stereocenters. The Morgan fingerprint density at radius 3 is 2.24 bits per heavy atom. The average molecular weight is 467 g/mol. The summed E-state index contributed by atoms with van der Waals surface area (Å²) in [7, 11) is 2.99. The van der Waals surface area contributed by atoms with Crippen LogP contribution in [0.2, 0.25) is 5.02 Å². The molecule has 1 aliphatic rings. The Morgan fingerprint density at radius 1 is 0.879 bits per heavy atom. The van der Waals surface area contributed by atoms with Crippen molar-refractivity contribution >= 4 is 40.4 Å². The minimum Gasteiger partial charge on any atom is -0.493 e. The molecule has 0 atom stereocenters. The highest BCUT2D eigenvalue weighted by molar-refractivity contribution is 6.46. The van der Waals surface area contributed by atoms with Gasteiger partial charge in [-0.15, -0.1) is 0 Å². The molecule has 4 rings (SSSR count). The minimum atomic E-state index is -0.573. The molecule has 0 radical (unpaired) electrons. The molecule has 33 heavy (non-hydrogen) atoms. The zero-order chi connectivity index (χ0) is 23.7. The number of halogens is 2. The van der Waals surface area contributed by atoms with Gasteiger partial charge in [0.1, 0.15) is 11.5 Å². The van der Waals surface area contributed by atoms with Crippen molar-refractivity contribution in [3.05, 3.63) is 88.3 Å². The number of methoxy groups -OCH3 is 2. The predicted octanol–water partition coefficient (Wildman–Crippen LogP) is 5.20. The summed E-state index contributed by atoms with van der Waals surface area (Å²) in [6, 6.07) is 15.3. The van der Waals surface area contributed by atoms with Crippen molar-refractivity contribution in [2.24, 2.45) is 0 Å². The number of benzene rings is 3. The third-order valence-electron chi connectivity index (χ3n) is 5.30. The van der Waals surface area contributed by atoms with Gasteiger partial charge in [0.05, 0.1) is 25.5 Å². The smallest absolute Gasteiger partial charge is 0.282 e. The largest absolute Gasteiger partial charge is 0.493 e. The lowest BCUT2D eigenvalue weighted by atomic mass is 10.0. The summed E-state index contributed by atoms with van der Waals surface area (Å²) in [5.74, 6) is -0.717. The third kappa shape index (κ3) is 4.15. The fourth-order valence-electron chi connectivity index (χ4n) is 3.59. The van der Waals surface area contributed by atoms with E-state index in [9.17, 15) is 14.0 Å². The number of rotatable bonds is 6. The van der Waals surface area contributed by atoms with E-state index in [0.29, 0.717) is 27.8 Å². The quantitative estimate of drug-likeness (QED) is 0.506. The van der Waals surface area contributed by atoms with Gasteiger partial charge in [-0.05, 0) is 66.6 Å². The van der Waals surface area contributed by atoms with Crippen molar-refractivity contribution in [2.45, 2.75) is 6.92 Å². The van der Waals surface area contributed by atoms with E-state index in [-0.39, 0.29) is 17.0 Å². The van der Waals surface area contributed by atoms with Gasteiger partial charge >= 0.3 is 0 Å². The van der Waals surface area contributed by atoms with Crippen LogP contribution in [0.5, 0.6) is 11.5 Å². The van der Waals surface area contributed by atoms with E-state index in [0.717, 1.165) is 10.5 Å². The fraction of sp³-hybridized carbons (Fsp3) is 0.120. The SMILES string of the molecule is COc1ccc(C2=C(Nc3cc(Cl)ccc3C)C(=O)N(c3ccc(F)cc3)C2=O)cc1OC. The minimum absolute atomic E-state index is 0.0712. The van der Waals surface area contributed by atoms with Crippen molar-refractivity contribution in [1.82, 2.24) is 0 Å². The summed E-state index contributed by atoms with van der Waals surface area (Å²) in [4.78, 5) is 28.0. The van der Waals surface area contributed by atoms with Gasteiger partial charge in [-0.3, -0.25) is 9.59 Å². The number of imide groups is 1. The molecule has 6 nitrogen and oxygen atoms in total. The second-order valence-electron chi connectivity index (χ2n) is 7.33. The Bertz CT molecular complexity index is 1290. The molecule has 0 fully saturated rings. The van der Waals surface area contributed by atoms with Crippen LogP contribution in [-0.2, 0) is 9.59 Å². The molecule has 2 amide bonds. The number of anilines is 2. The van der Waals surface area contributed by atoms with Crippen molar-refractivity contribution < 1.29 is 23.5 Å². The molecular formula is C25H20ClFN2O4. The van der Waals surface area contributed by atoms with Crippen molar-refractivity contribution in [2.75, 3.05) is 24.4 Å². The lowest BCUT2D eigenvalue weighted by molar-refractivity contribution is -0.120. The van der Waals surface area contributed by atoms with Gasteiger partial charge < -0.3 is 14.8 Å². The Morgan fingerprint density at radius 2 is 1.58 bits per heavy atom. The van der Waals surface area contributed by atoms with Crippen molar-refractivity contribution in [3.8, 4) is 11.5 Å². The summed E-state index contributed by atoms with van der Waals surface area (Å²) in [6.45, 7) is 1.86. The van der Waals surface area contributed by atoms with Crippen LogP contribution >= 0.6 is 11.6 Å². The van der Waals surface area contributed by atoms with Crippen LogP contribution in [0.15, 0.2) is 66.4 Å². The standard InChI is InChI=1S/C25H20ClFN2O4/c1-14-4-6-16(26)13-19(14)28-23-22(15-5-11-20(32-2)21(12-15)33-3)24(30)29(25(23)31)18-9-7-17(27)8-10-18/h4-13,28H,1-3H3. The highest BCUT2D eigenvalue weighted by Crippen LogP contribution is 2.38. The van der Waals surface area contributed by atoms with Crippen molar-refractivity contribution in [1.29, 1.82) is 0 Å². The van der Waals surface area contributed by atoms with Gasteiger partial charge in [0, 0.05) is 10.7 Å². The van der Waals surface area contributed by atoms with Crippen LogP contribution in [0.3, 0.4) is 0 Å². The number of carbonyl (C=O) groups excluding carboxylic acids is 2. The summed E-state index contributed by atoms with van der Waals surface area (Å²) < 4.78 is 24.1. The van der Waals surface area contributed by atoms with Crippen LogP contribution in [0.1, 0.15) is 11.1 Å². The van der Waals surface area contributed by atoms with Gasteiger partial charge in [0.15, 0.2) is 11.5 Å². The molecule has 0 spiro atoms. The Balaban J connectivity index is 1.87. The number of aryl methyl sites for hydroxylation is 1. The monoisotopic (exact) mass is 466 g/mol. The van der Waals surface area contributed by atoms with Crippen LogP contribution in [-0.4, -0.2) is 26.0 Å². The lowest BCUT2D eigenvalue weighted by Gasteiger charge is -2.16. The molecule has 3 aromatic rings. The Hall–Kier alpha value is -3.84. The molecule has 0 aliphatic carbocycles. The van der Waals surface area contributed by atoms with E-state index >= 15 is 0 Å². The van der Waals surface area contributed by atoms with E-state index in [1.165, 1.54) is 38.5 Å². The van der Waals surface area contributed by atoms with E-state index in [1.54, 1.807) is 36.4 Å². The first-order valence-electron chi connectivity index (χ1n) is 9.98. The predicted molar refractivity (Wildman–Crippen MR) is 125 cm³/mol. The number of ether oxygens (including phenoxy) is 2. The van der Waals surface area contributed by atoms with Crippen LogP contribution in [0.25, 0.3) is 5.57 Å². The van der Waals surface area contributed by atoms with Crippen LogP contribution < -0.4 is 19.7 Å². The molecule has 8 heteroatoms. The number of carbonyl (C=O) groups is 2. The van der Waals surface area contributed by atoms with E-state index in [2.05, 4.69) is 5.32 Å². The zero-order valence-corrected chi connectivity index (χ0v) is 18.9. The summed E-state index contributed by atoms with van der Waals surface area (Å²) >= 11 is 6.15. The maximum atomic E-state index is 13.5. The van der Waals surface area contributed by atoms with Gasteiger partial charge in [0.2, 0.25) is 0 Å². The highest BCUT2D eigenvalue weighted by Gasteiger charge is 2.40. The molecule has 0 bridgehead atoms. The summed E-state index contributed by atoms with van der Waals surface area (Å²) in [5, 5.41) is 3.57. The van der Waals surface area contributed by atoms with Crippen molar-refractivity contribution in [3.63, 3.8) is 0 Å².